The van der Waals surface area contributed by atoms with Gasteiger partial charge in [0, 0.05) is 18.4 Å². The fourth-order valence-electron chi connectivity index (χ4n) is 1.82. The van der Waals surface area contributed by atoms with Crippen molar-refractivity contribution in [3.05, 3.63) is 35.4 Å². The maximum atomic E-state index is 12.8. The molecule has 0 spiro atoms. The summed E-state index contributed by atoms with van der Waals surface area (Å²) < 4.78 is 48.0. The van der Waals surface area contributed by atoms with Gasteiger partial charge in [0.05, 0.1) is 12.2 Å². The first-order valence-electron chi connectivity index (χ1n) is 7.31. The molecule has 0 aliphatic carbocycles. The van der Waals surface area contributed by atoms with Crippen LogP contribution in [0.4, 0.5) is 13.2 Å². The van der Waals surface area contributed by atoms with Crippen molar-refractivity contribution in [2.45, 2.75) is 45.4 Å². The number of halogens is 3. The Labute approximate surface area is 132 Å². The molecule has 128 valence electrons. The largest absolute Gasteiger partial charge is 0.466 e. The smallest absolute Gasteiger partial charge is 0.416 e. The number of ether oxygens (including phenoxy) is 2. The van der Waals surface area contributed by atoms with E-state index >= 15 is 0 Å². The number of hydrogen-bond donors (Lipinski definition) is 0. The maximum absolute atomic E-state index is 12.8. The van der Waals surface area contributed by atoms with Gasteiger partial charge in [-0.15, -0.1) is 0 Å². The molecular formula is C16H19F3O4. The molecule has 0 amide bonds. The highest BCUT2D eigenvalue weighted by Crippen LogP contribution is 2.32. The number of rotatable bonds is 8. The van der Waals surface area contributed by atoms with Crippen molar-refractivity contribution in [3.63, 3.8) is 0 Å². The van der Waals surface area contributed by atoms with Crippen LogP contribution in [0.25, 0.3) is 0 Å². The van der Waals surface area contributed by atoms with Crippen LogP contribution in [0.15, 0.2) is 24.3 Å². The molecule has 0 radical (unpaired) electrons. The van der Waals surface area contributed by atoms with E-state index < -0.39 is 30.3 Å². The summed E-state index contributed by atoms with van der Waals surface area (Å²) in [6.07, 6.45) is -3.51. The van der Waals surface area contributed by atoms with Gasteiger partial charge in [0.1, 0.15) is 6.61 Å². The molecule has 0 atom stereocenters. The summed E-state index contributed by atoms with van der Waals surface area (Å²) in [4.78, 5) is 22.7. The van der Waals surface area contributed by atoms with Crippen molar-refractivity contribution in [3.8, 4) is 0 Å². The SMILES string of the molecule is CCCOC(=O)CCCC(=O)OCc1ccccc1C(F)(F)F. The lowest BCUT2D eigenvalue weighted by Crippen LogP contribution is -2.12. The molecule has 0 saturated carbocycles. The zero-order valence-electron chi connectivity index (χ0n) is 12.8. The Hall–Kier alpha value is -2.05. The van der Waals surface area contributed by atoms with Crippen LogP contribution >= 0.6 is 0 Å². The van der Waals surface area contributed by atoms with Gasteiger partial charge in [0.2, 0.25) is 0 Å². The van der Waals surface area contributed by atoms with Crippen LogP contribution in [0.2, 0.25) is 0 Å². The minimum Gasteiger partial charge on any atom is -0.466 e. The molecule has 0 aromatic heterocycles. The zero-order valence-corrected chi connectivity index (χ0v) is 12.8. The fraction of sp³-hybridized carbons (Fsp3) is 0.500. The fourth-order valence-corrected chi connectivity index (χ4v) is 1.82. The van der Waals surface area contributed by atoms with Crippen LogP contribution in [-0.2, 0) is 31.8 Å². The van der Waals surface area contributed by atoms with Crippen LogP contribution in [-0.4, -0.2) is 18.5 Å². The summed E-state index contributed by atoms with van der Waals surface area (Å²) in [5, 5.41) is 0. The van der Waals surface area contributed by atoms with Gasteiger partial charge in [-0.25, -0.2) is 0 Å². The Bertz CT molecular complexity index is 526. The summed E-state index contributed by atoms with van der Waals surface area (Å²) in [5.41, 5.74) is -0.924. The molecule has 7 heteroatoms. The van der Waals surface area contributed by atoms with Crippen LogP contribution < -0.4 is 0 Å². The number of carbonyl (C=O) groups is 2. The monoisotopic (exact) mass is 332 g/mol. The highest BCUT2D eigenvalue weighted by molar-refractivity contribution is 5.72. The standard InChI is InChI=1S/C16H19F3O4/c1-2-10-22-14(20)8-5-9-15(21)23-11-12-6-3-4-7-13(12)16(17,18)19/h3-4,6-7H,2,5,8-11H2,1H3. The summed E-state index contributed by atoms with van der Waals surface area (Å²) in [7, 11) is 0. The van der Waals surface area contributed by atoms with E-state index in [-0.39, 0.29) is 24.8 Å². The molecule has 0 heterocycles. The predicted molar refractivity (Wildman–Crippen MR) is 76.3 cm³/mol. The average molecular weight is 332 g/mol. The summed E-state index contributed by atoms with van der Waals surface area (Å²) >= 11 is 0. The Morgan fingerprint density at radius 2 is 1.65 bits per heavy atom. The van der Waals surface area contributed by atoms with Crippen molar-refractivity contribution in [1.82, 2.24) is 0 Å². The van der Waals surface area contributed by atoms with Gasteiger partial charge in [-0.1, -0.05) is 25.1 Å². The molecule has 0 bridgehead atoms. The van der Waals surface area contributed by atoms with Gasteiger partial charge in [-0.3, -0.25) is 9.59 Å². The summed E-state index contributed by atoms with van der Waals surface area (Å²) in [6, 6.07) is 4.92. The molecule has 0 saturated heterocycles. The molecular weight excluding hydrogens is 313 g/mol. The molecule has 4 nitrogen and oxygen atoms in total. The molecule has 23 heavy (non-hydrogen) atoms. The topological polar surface area (TPSA) is 52.6 Å². The first-order valence-corrected chi connectivity index (χ1v) is 7.31. The molecule has 1 rings (SSSR count). The van der Waals surface area contributed by atoms with Crippen molar-refractivity contribution in [1.29, 1.82) is 0 Å². The second-order valence-corrected chi connectivity index (χ2v) is 4.89. The second-order valence-electron chi connectivity index (χ2n) is 4.89. The molecule has 0 unspecified atom stereocenters. The quantitative estimate of drug-likeness (QED) is 0.678. The van der Waals surface area contributed by atoms with Crippen molar-refractivity contribution in [2.24, 2.45) is 0 Å². The molecule has 0 fully saturated rings. The molecule has 0 N–H and O–H groups in total. The third kappa shape index (κ3) is 7.17. The predicted octanol–water partition coefficient (Wildman–Crippen LogP) is 3.87. The number of esters is 2. The minimum atomic E-state index is -4.49. The van der Waals surface area contributed by atoms with Gasteiger partial charge < -0.3 is 9.47 Å². The second kappa shape index (κ2) is 9.17. The van der Waals surface area contributed by atoms with Gasteiger partial charge >= 0.3 is 18.1 Å². The van der Waals surface area contributed by atoms with Gasteiger partial charge in [-0.05, 0) is 18.9 Å². The number of carbonyl (C=O) groups excluding carboxylic acids is 2. The van der Waals surface area contributed by atoms with Gasteiger partial charge in [0.25, 0.3) is 0 Å². The van der Waals surface area contributed by atoms with Crippen LogP contribution in [0, 0.1) is 0 Å². The Morgan fingerprint density at radius 1 is 1.04 bits per heavy atom. The minimum absolute atomic E-state index is 0.0462. The number of benzene rings is 1. The normalized spacial score (nSPS) is 11.1. The first kappa shape index (κ1) is 19.0. The number of alkyl halides is 3. The van der Waals surface area contributed by atoms with Crippen LogP contribution in [0.3, 0.4) is 0 Å². The van der Waals surface area contributed by atoms with E-state index in [9.17, 15) is 22.8 Å². The highest BCUT2D eigenvalue weighted by atomic mass is 19.4. The van der Waals surface area contributed by atoms with Crippen molar-refractivity contribution >= 4 is 11.9 Å². The molecule has 1 aromatic rings. The first-order chi connectivity index (χ1) is 10.8. The molecule has 0 aliphatic heterocycles. The van der Waals surface area contributed by atoms with Crippen LogP contribution in [0.1, 0.15) is 43.7 Å². The maximum Gasteiger partial charge on any atom is 0.416 e. The number of hydrogen-bond acceptors (Lipinski definition) is 4. The van der Waals surface area contributed by atoms with Gasteiger partial charge in [0.15, 0.2) is 0 Å². The van der Waals surface area contributed by atoms with E-state index in [4.69, 9.17) is 9.47 Å². The lowest BCUT2D eigenvalue weighted by molar-refractivity contribution is -0.148. The Kier molecular flexibility index (Phi) is 7.57. The van der Waals surface area contributed by atoms with E-state index in [1.165, 1.54) is 18.2 Å². The molecule has 1 aromatic carbocycles. The lowest BCUT2D eigenvalue weighted by Gasteiger charge is -2.12. The average Bonchev–Trinajstić information content (AvgIpc) is 2.50. The van der Waals surface area contributed by atoms with Gasteiger partial charge in [-0.2, -0.15) is 13.2 Å². The van der Waals surface area contributed by atoms with E-state index in [0.29, 0.717) is 13.0 Å². The van der Waals surface area contributed by atoms with E-state index in [2.05, 4.69) is 0 Å². The summed E-state index contributed by atoms with van der Waals surface area (Å²) in [5.74, 6) is -1.05. The lowest BCUT2D eigenvalue weighted by atomic mass is 10.1. The Morgan fingerprint density at radius 3 is 2.26 bits per heavy atom. The summed E-state index contributed by atoms with van der Waals surface area (Å²) in [6.45, 7) is 1.75. The van der Waals surface area contributed by atoms with Crippen LogP contribution in [0.5, 0.6) is 0 Å². The third-order valence-corrected chi connectivity index (χ3v) is 2.94. The highest BCUT2D eigenvalue weighted by Gasteiger charge is 2.33. The third-order valence-electron chi connectivity index (χ3n) is 2.94. The van der Waals surface area contributed by atoms with Crippen molar-refractivity contribution < 1.29 is 32.2 Å². The van der Waals surface area contributed by atoms with E-state index in [0.717, 1.165) is 6.07 Å². The van der Waals surface area contributed by atoms with E-state index in [1.54, 1.807) is 0 Å². The van der Waals surface area contributed by atoms with E-state index in [1.807, 2.05) is 6.92 Å². The van der Waals surface area contributed by atoms with Crippen molar-refractivity contribution in [2.75, 3.05) is 6.61 Å². The Balaban J connectivity index is 2.38. The zero-order chi connectivity index (χ0) is 17.3. The molecule has 0 aliphatic rings.